The van der Waals surface area contributed by atoms with Gasteiger partial charge in [-0.1, -0.05) is 48.0 Å². The summed E-state index contributed by atoms with van der Waals surface area (Å²) in [7, 11) is 1.98. The van der Waals surface area contributed by atoms with Gasteiger partial charge in [-0.05, 0) is 42.8 Å². The predicted octanol–water partition coefficient (Wildman–Crippen LogP) is 3.96. The third-order valence-electron chi connectivity index (χ3n) is 2.96. The van der Waals surface area contributed by atoms with Gasteiger partial charge < -0.3 is 5.32 Å². The molecular weight excluding hydrogens is 230 g/mol. The van der Waals surface area contributed by atoms with Gasteiger partial charge in [0.25, 0.3) is 0 Å². The zero-order valence-corrected chi connectivity index (χ0v) is 10.8. The number of nitrogens with one attached hydrogen (secondary N) is 1. The highest BCUT2D eigenvalue weighted by molar-refractivity contribution is 6.30. The number of benzene rings is 2. The van der Waals surface area contributed by atoms with Crippen LogP contribution in [-0.2, 0) is 0 Å². The minimum Gasteiger partial charge on any atom is -0.309 e. The summed E-state index contributed by atoms with van der Waals surface area (Å²) in [6, 6.07) is 16.7. The van der Waals surface area contributed by atoms with Gasteiger partial charge in [0.15, 0.2) is 0 Å². The summed E-state index contributed by atoms with van der Waals surface area (Å²) in [6.07, 6.45) is 0. The largest absolute Gasteiger partial charge is 0.309 e. The lowest BCUT2D eigenvalue weighted by Crippen LogP contribution is -2.18. The standard InChI is InChI=1S/C15H16ClN/c1-11-10-13(16)8-9-14(11)15(17-2)12-6-4-3-5-7-12/h3-10,15,17H,1-2H3. The van der Waals surface area contributed by atoms with E-state index in [1.807, 2.05) is 25.2 Å². The molecule has 1 unspecified atom stereocenters. The molecule has 1 nitrogen and oxygen atoms in total. The summed E-state index contributed by atoms with van der Waals surface area (Å²) in [5.41, 5.74) is 3.74. The molecule has 0 aliphatic heterocycles. The lowest BCUT2D eigenvalue weighted by molar-refractivity contribution is 0.687. The zero-order chi connectivity index (χ0) is 12.3. The van der Waals surface area contributed by atoms with Crippen LogP contribution >= 0.6 is 11.6 Å². The van der Waals surface area contributed by atoms with Crippen LogP contribution in [0, 0.1) is 6.92 Å². The van der Waals surface area contributed by atoms with Crippen molar-refractivity contribution in [3.63, 3.8) is 0 Å². The van der Waals surface area contributed by atoms with Crippen molar-refractivity contribution >= 4 is 11.6 Å². The molecule has 0 saturated heterocycles. The highest BCUT2D eigenvalue weighted by Gasteiger charge is 2.13. The maximum Gasteiger partial charge on any atom is 0.0576 e. The molecule has 0 aromatic heterocycles. The molecule has 0 fully saturated rings. The average molecular weight is 246 g/mol. The molecule has 0 amide bonds. The van der Waals surface area contributed by atoms with Gasteiger partial charge in [-0.25, -0.2) is 0 Å². The summed E-state index contributed by atoms with van der Waals surface area (Å²) >= 11 is 5.99. The molecule has 0 heterocycles. The van der Waals surface area contributed by atoms with Gasteiger partial charge >= 0.3 is 0 Å². The normalized spacial score (nSPS) is 12.4. The molecule has 0 aliphatic rings. The van der Waals surface area contributed by atoms with Crippen molar-refractivity contribution in [2.24, 2.45) is 0 Å². The predicted molar refractivity (Wildman–Crippen MR) is 73.5 cm³/mol. The van der Waals surface area contributed by atoms with Crippen LogP contribution < -0.4 is 5.32 Å². The van der Waals surface area contributed by atoms with Crippen LogP contribution in [-0.4, -0.2) is 7.05 Å². The Hall–Kier alpha value is -1.31. The van der Waals surface area contributed by atoms with Crippen molar-refractivity contribution in [1.82, 2.24) is 5.32 Å². The van der Waals surface area contributed by atoms with Crippen LogP contribution in [0.2, 0.25) is 5.02 Å². The Bertz CT molecular complexity index is 494. The summed E-state index contributed by atoms with van der Waals surface area (Å²) < 4.78 is 0. The fraction of sp³-hybridized carbons (Fsp3) is 0.200. The first kappa shape index (κ1) is 12.2. The van der Waals surface area contributed by atoms with Crippen LogP contribution in [0.4, 0.5) is 0 Å². The quantitative estimate of drug-likeness (QED) is 0.863. The van der Waals surface area contributed by atoms with Crippen LogP contribution in [0.3, 0.4) is 0 Å². The molecule has 2 aromatic carbocycles. The molecule has 1 N–H and O–H groups in total. The monoisotopic (exact) mass is 245 g/mol. The lowest BCUT2D eigenvalue weighted by atomic mass is 9.95. The molecule has 0 aliphatic carbocycles. The second kappa shape index (κ2) is 5.35. The molecular formula is C15H16ClN. The second-order valence-electron chi connectivity index (χ2n) is 4.13. The topological polar surface area (TPSA) is 12.0 Å². The van der Waals surface area contributed by atoms with E-state index in [1.54, 1.807) is 0 Å². The second-order valence-corrected chi connectivity index (χ2v) is 4.57. The number of hydrogen-bond acceptors (Lipinski definition) is 1. The zero-order valence-electron chi connectivity index (χ0n) is 10.1. The number of hydrogen-bond donors (Lipinski definition) is 1. The van der Waals surface area contributed by atoms with Gasteiger partial charge in [0, 0.05) is 5.02 Å². The molecule has 0 spiro atoms. The Morgan fingerprint density at radius 2 is 1.76 bits per heavy atom. The van der Waals surface area contributed by atoms with Crippen molar-refractivity contribution in [2.75, 3.05) is 7.05 Å². The molecule has 1 atom stereocenters. The van der Waals surface area contributed by atoms with Crippen LogP contribution in [0.1, 0.15) is 22.7 Å². The van der Waals surface area contributed by atoms with Gasteiger partial charge in [0.2, 0.25) is 0 Å². The van der Waals surface area contributed by atoms with E-state index in [4.69, 9.17) is 11.6 Å². The lowest BCUT2D eigenvalue weighted by Gasteiger charge is -2.19. The molecule has 0 radical (unpaired) electrons. The molecule has 88 valence electrons. The smallest absolute Gasteiger partial charge is 0.0576 e. The fourth-order valence-corrected chi connectivity index (χ4v) is 2.34. The van der Waals surface area contributed by atoms with E-state index in [0.29, 0.717) is 0 Å². The highest BCUT2D eigenvalue weighted by atomic mass is 35.5. The van der Waals surface area contributed by atoms with E-state index in [2.05, 4.69) is 42.6 Å². The van der Waals surface area contributed by atoms with Crippen molar-refractivity contribution < 1.29 is 0 Å². The summed E-state index contributed by atoms with van der Waals surface area (Å²) in [5, 5.41) is 4.14. The maximum absolute atomic E-state index is 5.99. The summed E-state index contributed by atoms with van der Waals surface area (Å²) in [5.74, 6) is 0. The van der Waals surface area contributed by atoms with Gasteiger partial charge in [-0.3, -0.25) is 0 Å². The van der Waals surface area contributed by atoms with Crippen LogP contribution in [0.5, 0.6) is 0 Å². The average Bonchev–Trinajstić information content (AvgIpc) is 2.34. The number of aryl methyl sites for hydroxylation is 1. The van der Waals surface area contributed by atoms with E-state index in [-0.39, 0.29) is 6.04 Å². The number of halogens is 1. The van der Waals surface area contributed by atoms with Crippen molar-refractivity contribution in [2.45, 2.75) is 13.0 Å². The van der Waals surface area contributed by atoms with Crippen LogP contribution in [0.25, 0.3) is 0 Å². The van der Waals surface area contributed by atoms with E-state index < -0.39 is 0 Å². The molecule has 2 heteroatoms. The van der Waals surface area contributed by atoms with E-state index in [0.717, 1.165) is 5.02 Å². The third-order valence-corrected chi connectivity index (χ3v) is 3.20. The van der Waals surface area contributed by atoms with Gasteiger partial charge in [0.1, 0.15) is 0 Å². The van der Waals surface area contributed by atoms with E-state index in [9.17, 15) is 0 Å². The van der Waals surface area contributed by atoms with E-state index >= 15 is 0 Å². The molecule has 2 aromatic rings. The molecule has 2 rings (SSSR count). The Labute approximate surface area is 107 Å². The molecule has 0 bridgehead atoms. The Morgan fingerprint density at radius 3 is 2.35 bits per heavy atom. The minimum absolute atomic E-state index is 0.216. The molecule has 0 saturated carbocycles. The van der Waals surface area contributed by atoms with Crippen molar-refractivity contribution in [3.05, 3.63) is 70.2 Å². The van der Waals surface area contributed by atoms with Crippen LogP contribution in [0.15, 0.2) is 48.5 Å². The Balaban J connectivity index is 2.42. The summed E-state index contributed by atoms with van der Waals surface area (Å²) in [6.45, 7) is 2.09. The van der Waals surface area contributed by atoms with Gasteiger partial charge in [0.05, 0.1) is 6.04 Å². The first-order valence-corrected chi connectivity index (χ1v) is 6.08. The van der Waals surface area contributed by atoms with Gasteiger partial charge in [-0.15, -0.1) is 0 Å². The summed E-state index contributed by atoms with van der Waals surface area (Å²) in [4.78, 5) is 0. The first-order chi connectivity index (χ1) is 8.22. The fourth-order valence-electron chi connectivity index (χ4n) is 2.11. The Kier molecular flexibility index (Phi) is 3.82. The third kappa shape index (κ3) is 2.68. The van der Waals surface area contributed by atoms with Gasteiger partial charge in [-0.2, -0.15) is 0 Å². The first-order valence-electron chi connectivity index (χ1n) is 5.70. The van der Waals surface area contributed by atoms with Crippen molar-refractivity contribution in [1.29, 1.82) is 0 Å². The Morgan fingerprint density at radius 1 is 1.06 bits per heavy atom. The minimum atomic E-state index is 0.216. The number of rotatable bonds is 3. The molecule has 17 heavy (non-hydrogen) atoms. The highest BCUT2D eigenvalue weighted by Crippen LogP contribution is 2.26. The maximum atomic E-state index is 5.99. The van der Waals surface area contributed by atoms with E-state index in [1.165, 1.54) is 16.7 Å². The van der Waals surface area contributed by atoms with Crippen molar-refractivity contribution in [3.8, 4) is 0 Å². The SMILES string of the molecule is CNC(c1ccccc1)c1ccc(Cl)cc1C.